The van der Waals surface area contributed by atoms with E-state index in [9.17, 15) is 0 Å². The van der Waals surface area contributed by atoms with E-state index in [0.29, 0.717) is 6.04 Å². The molecule has 0 aromatic heterocycles. The van der Waals surface area contributed by atoms with Crippen LogP contribution >= 0.6 is 0 Å². The Labute approximate surface area is 122 Å². The number of fused-ring (bicyclic) bond motifs is 1. The Morgan fingerprint density at radius 1 is 1.30 bits per heavy atom. The molecule has 0 fully saturated rings. The number of ether oxygens (including phenoxy) is 2. The van der Waals surface area contributed by atoms with Gasteiger partial charge in [-0.1, -0.05) is 0 Å². The molecule has 1 atom stereocenters. The van der Waals surface area contributed by atoms with E-state index in [1.807, 2.05) is 0 Å². The molecule has 0 saturated carbocycles. The lowest BCUT2D eigenvalue weighted by molar-refractivity contribution is 0.236. The van der Waals surface area contributed by atoms with Crippen molar-refractivity contribution in [2.45, 2.75) is 25.9 Å². The molecule has 4 nitrogen and oxygen atoms in total. The van der Waals surface area contributed by atoms with Crippen LogP contribution in [0.4, 0.5) is 0 Å². The molecule has 0 amide bonds. The summed E-state index contributed by atoms with van der Waals surface area (Å²) in [7, 11) is 9.82. The Hall–Kier alpha value is -1.26. The van der Waals surface area contributed by atoms with Crippen molar-refractivity contribution in [3.8, 4) is 11.5 Å². The number of benzene rings is 1. The van der Waals surface area contributed by atoms with E-state index < -0.39 is 0 Å². The second kappa shape index (κ2) is 6.02. The van der Waals surface area contributed by atoms with Gasteiger partial charge in [-0.15, -0.1) is 0 Å². The maximum Gasteiger partial charge on any atom is 0.127 e. The second-order valence-electron chi connectivity index (χ2n) is 5.81. The zero-order valence-electron chi connectivity index (χ0n) is 13.5. The van der Waals surface area contributed by atoms with Crippen LogP contribution in [0.25, 0.3) is 0 Å². The van der Waals surface area contributed by atoms with Crippen molar-refractivity contribution in [2.75, 3.05) is 41.9 Å². The van der Waals surface area contributed by atoms with Gasteiger partial charge in [0.15, 0.2) is 0 Å². The lowest BCUT2D eigenvalue weighted by atomic mass is 9.90. The van der Waals surface area contributed by atoms with Crippen LogP contribution in [0, 0.1) is 0 Å². The zero-order valence-corrected chi connectivity index (χ0v) is 13.5. The third-order valence-electron chi connectivity index (χ3n) is 4.17. The van der Waals surface area contributed by atoms with Gasteiger partial charge >= 0.3 is 0 Å². The summed E-state index contributed by atoms with van der Waals surface area (Å²) in [5.41, 5.74) is 3.79. The van der Waals surface area contributed by atoms with Crippen LogP contribution in [0.1, 0.15) is 29.7 Å². The van der Waals surface area contributed by atoms with E-state index in [1.54, 1.807) is 14.2 Å². The molecule has 1 aliphatic rings. The SMILES string of the molecule is COc1cc(CN(C)C)c(OC)c2c1C(C)N(C)CC2. The first-order valence-corrected chi connectivity index (χ1v) is 7.11. The van der Waals surface area contributed by atoms with Gasteiger partial charge in [0, 0.05) is 35.8 Å². The molecule has 0 bridgehead atoms. The molecule has 20 heavy (non-hydrogen) atoms. The highest BCUT2D eigenvalue weighted by Gasteiger charge is 2.29. The highest BCUT2D eigenvalue weighted by Crippen LogP contribution is 2.42. The van der Waals surface area contributed by atoms with Crippen LogP contribution in [-0.4, -0.2) is 51.7 Å². The molecule has 0 aliphatic carbocycles. The molecule has 1 heterocycles. The molecule has 0 saturated heterocycles. The first-order chi connectivity index (χ1) is 9.49. The number of hydrogen-bond donors (Lipinski definition) is 0. The van der Waals surface area contributed by atoms with Gasteiger partial charge < -0.3 is 14.4 Å². The van der Waals surface area contributed by atoms with Gasteiger partial charge in [-0.25, -0.2) is 0 Å². The van der Waals surface area contributed by atoms with Crippen LogP contribution in [0.2, 0.25) is 0 Å². The van der Waals surface area contributed by atoms with Crippen LogP contribution in [0.3, 0.4) is 0 Å². The van der Waals surface area contributed by atoms with E-state index in [-0.39, 0.29) is 0 Å². The molecule has 1 aliphatic heterocycles. The van der Waals surface area contributed by atoms with E-state index in [1.165, 1.54) is 16.7 Å². The summed E-state index contributed by atoms with van der Waals surface area (Å²) in [6.07, 6.45) is 1.01. The highest BCUT2D eigenvalue weighted by atomic mass is 16.5. The summed E-state index contributed by atoms with van der Waals surface area (Å²) >= 11 is 0. The quantitative estimate of drug-likeness (QED) is 0.844. The third kappa shape index (κ3) is 2.63. The Bertz CT molecular complexity index is 486. The molecule has 112 valence electrons. The maximum atomic E-state index is 5.73. The van der Waals surface area contributed by atoms with Crippen molar-refractivity contribution >= 4 is 0 Å². The molecule has 0 N–H and O–H groups in total. The van der Waals surface area contributed by atoms with Crippen LogP contribution in [-0.2, 0) is 13.0 Å². The fourth-order valence-corrected chi connectivity index (χ4v) is 3.06. The zero-order chi connectivity index (χ0) is 14.9. The van der Waals surface area contributed by atoms with Gasteiger partial charge in [0.2, 0.25) is 0 Å². The van der Waals surface area contributed by atoms with Crippen molar-refractivity contribution in [1.29, 1.82) is 0 Å². The normalized spacial score (nSPS) is 19.1. The molecular formula is C16H26N2O2. The minimum absolute atomic E-state index is 0.357. The topological polar surface area (TPSA) is 24.9 Å². The number of likely N-dealkylation sites (N-methyl/N-ethyl adjacent to an activating group) is 1. The monoisotopic (exact) mass is 278 g/mol. The first kappa shape index (κ1) is 15.1. The maximum absolute atomic E-state index is 5.73. The Kier molecular flexibility index (Phi) is 4.55. The molecule has 4 heteroatoms. The van der Waals surface area contributed by atoms with Gasteiger partial charge in [0.05, 0.1) is 14.2 Å². The smallest absolute Gasteiger partial charge is 0.127 e. The van der Waals surface area contributed by atoms with Gasteiger partial charge in [0.1, 0.15) is 11.5 Å². The average Bonchev–Trinajstić information content (AvgIpc) is 2.41. The van der Waals surface area contributed by atoms with Crippen molar-refractivity contribution in [1.82, 2.24) is 9.80 Å². The predicted octanol–water partition coefficient (Wildman–Crippen LogP) is 2.31. The summed E-state index contributed by atoms with van der Waals surface area (Å²) in [6, 6.07) is 2.49. The number of nitrogens with zero attached hydrogens (tertiary/aromatic N) is 2. The summed E-state index contributed by atoms with van der Waals surface area (Å²) in [5.74, 6) is 2.02. The van der Waals surface area contributed by atoms with Gasteiger partial charge in [-0.2, -0.15) is 0 Å². The van der Waals surface area contributed by atoms with Crippen LogP contribution in [0.15, 0.2) is 6.07 Å². The number of rotatable bonds is 4. The molecule has 1 aromatic carbocycles. The summed E-state index contributed by atoms with van der Waals surface area (Å²) in [6.45, 7) is 4.14. The standard InChI is InChI=1S/C16H26N2O2/c1-11-15-13(7-8-18(11)4)16(20-6)12(10-17(2)3)9-14(15)19-5/h9,11H,7-8,10H2,1-6H3. The van der Waals surface area contributed by atoms with Crippen molar-refractivity contribution < 1.29 is 9.47 Å². The Balaban J connectivity index is 2.60. The average molecular weight is 278 g/mol. The predicted molar refractivity (Wildman–Crippen MR) is 81.7 cm³/mol. The van der Waals surface area contributed by atoms with Gasteiger partial charge in [-0.3, -0.25) is 4.90 Å². The lowest BCUT2D eigenvalue weighted by Crippen LogP contribution is -2.31. The van der Waals surface area contributed by atoms with E-state index >= 15 is 0 Å². The second-order valence-corrected chi connectivity index (χ2v) is 5.81. The molecule has 2 rings (SSSR count). The molecule has 1 unspecified atom stereocenters. The van der Waals surface area contributed by atoms with Crippen molar-refractivity contribution in [3.63, 3.8) is 0 Å². The lowest BCUT2D eigenvalue weighted by Gasteiger charge is -2.35. The fourth-order valence-electron chi connectivity index (χ4n) is 3.06. The minimum Gasteiger partial charge on any atom is -0.496 e. The van der Waals surface area contributed by atoms with Crippen molar-refractivity contribution in [3.05, 3.63) is 22.8 Å². The van der Waals surface area contributed by atoms with Crippen molar-refractivity contribution in [2.24, 2.45) is 0 Å². The van der Waals surface area contributed by atoms with Gasteiger partial charge in [0.25, 0.3) is 0 Å². The third-order valence-corrected chi connectivity index (χ3v) is 4.17. The first-order valence-electron chi connectivity index (χ1n) is 7.11. The molecule has 0 spiro atoms. The number of methoxy groups -OCH3 is 2. The highest BCUT2D eigenvalue weighted by molar-refractivity contribution is 5.56. The summed E-state index contributed by atoms with van der Waals surface area (Å²) in [4.78, 5) is 4.51. The van der Waals surface area contributed by atoms with Crippen LogP contribution in [0.5, 0.6) is 11.5 Å². The van der Waals surface area contributed by atoms with E-state index in [0.717, 1.165) is 31.0 Å². The largest absolute Gasteiger partial charge is 0.496 e. The fraction of sp³-hybridized carbons (Fsp3) is 0.625. The molecular weight excluding hydrogens is 252 g/mol. The minimum atomic E-state index is 0.357. The van der Waals surface area contributed by atoms with Gasteiger partial charge in [-0.05, 0) is 40.6 Å². The molecule has 1 aromatic rings. The Morgan fingerprint density at radius 2 is 2.00 bits per heavy atom. The van der Waals surface area contributed by atoms with E-state index in [4.69, 9.17) is 9.47 Å². The number of hydrogen-bond acceptors (Lipinski definition) is 4. The van der Waals surface area contributed by atoms with E-state index in [2.05, 4.69) is 43.9 Å². The summed E-state index contributed by atoms with van der Waals surface area (Å²) in [5, 5.41) is 0. The summed E-state index contributed by atoms with van der Waals surface area (Å²) < 4.78 is 11.4. The Morgan fingerprint density at radius 3 is 2.55 bits per heavy atom. The van der Waals surface area contributed by atoms with Crippen LogP contribution < -0.4 is 9.47 Å². The molecule has 0 radical (unpaired) electrons.